The molecule has 0 unspecified atom stereocenters. The number of rotatable bonds is 4. The molecule has 2 rings (SSSR count). The fraction of sp³-hybridized carbons (Fsp3) is 0. The molecule has 0 aromatic heterocycles. The average Bonchev–Trinajstić information content (AvgIpc) is 2.27. The summed E-state index contributed by atoms with van der Waals surface area (Å²) in [6.07, 6.45) is 0. The smallest absolute Gasteiger partial charge is 0.395 e. The van der Waals surface area contributed by atoms with E-state index in [0.29, 0.717) is 0 Å². The minimum Gasteiger partial charge on any atom is -0.395 e. The van der Waals surface area contributed by atoms with Gasteiger partial charge in [-0.3, -0.25) is 4.89 Å². The molecule has 7 heteroatoms. The summed E-state index contributed by atoms with van der Waals surface area (Å²) in [5.41, 5.74) is 0. The van der Waals surface area contributed by atoms with Crippen LogP contribution in [0.2, 0.25) is 0 Å². The second-order valence-corrected chi connectivity index (χ2v) is 6.70. The normalized spacial score (nSPS) is 11.1. The number of benzene rings is 2. The van der Waals surface area contributed by atoms with E-state index in [9.17, 15) is 9.46 Å². The third-order valence-electron chi connectivity index (χ3n) is 2.03. The highest BCUT2D eigenvalue weighted by Gasteiger charge is 2.25. The maximum Gasteiger partial charge on any atom is 0.584 e. The molecule has 0 aliphatic rings. The van der Waals surface area contributed by atoms with Crippen molar-refractivity contribution in [2.24, 2.45) is 0 Å². The van der Waals surface area contributed by atoms with Crippen LogP contribution in [-0.4, -0.2) is 4.89 Å². The monoisotopic (exact) mass is 406 g/mol. The van der Waals surface area contributed by atoms with Crippen LogP contribution in [-0.2, 0) is 4.57 Å². The summed E-state index contributed by atoms with van der Waals surface area (Å²) in [7, 11) is -4.22. The summed E-state index contributed by atoms with van der Waals surface area (Å²) >= 11 is 6.50. The first-order chi connectivity index (χ1) is 8.94. The molecule has 1 N–H and O–H groups in total. The van der Waals surface area contributed by atoms with E-state index in [4.69, 9.17) is 9.05 Å². The largest absolute Gasteiger partial charge is 0.584 e. The molecule has 0 spiro atoms. The number of halogens is 2. The van der Waals surface area contributed by atoms with Crippen molar-refractivity contribution in [1.29, 1.82) is 0 Å². The SMILES string of the molecule is O=P(O)(Oc1cccc(Br)c1)Oc1cccc(Br)c1. The predicted octanol–water partition coefficient (Wildman–Crippen LogP) is 4.77. The van der Waals surface area contributed by atoms with Gasteiger partial charge in [0.25, 0.3) is 0 Å². The standard InChI is InChI=1S/C12H9Br2O4P/c13-9-3-1-5-11(7-9)17-19(15,16)18-12-6-2-4-10(14)8-12/h1-8H,(H,15,16). The fourth-order valence-electron chi connectivity index (χ4n) is 1.33. The van der Waals surface area contributed by atoms with E-state index in [0.717, 1.165) is 8.95 Å². The van der Waals surface area contributed by atoms with Gasteiger partial charge in [-0.1, -0.05) is 44.0 Å². The molecule has 0 heterocycles. The Morgan fingerprint density at radius 3 is 1.68 bits per heavy atom. The molecule has 2 aromatic carbocycles. The van der Waals surface area contributed by atoms with Crippen LogP contribution in [0.4, 0.5) is 0 Å². The molecule has 4 nitrogen and oxygen atoms in total. The van der Waals surface area contributed by atoms with E-state index >= 15 is 0 Å². The Morgan fingerprint density at radius 2 is 1.32 bits per heavy atom. The highest BCUT2D eigenvalue weighted by atomic mass is 79.9. The maximum absolute atomic E-state index is 11.9. The molecule has 0 amide bonds. The number of phosphoric ester groups is 1. The van der Waals surface area contributed by atoms with Gasteiger partial charge in [0.2, 0.25) is 0 Å². The van der Waals surface area contributed by atoms with Gasteiger partial charge >= 0.3 is 7.82 Å². The van der Waals surface area contributed by atoms with Gasteiger partial charge in [-0.05, 0) is 36.4 Å². The first-order valence-corrected chi connectivity index (χ1v) is 8.26. The van der Waals surface area contributed by atoms with E-state index in [1.807, 2.05) is 0 Å². The Kier molecular flexibility index (Phi) is 4.68. The second kappa shape index (κ2) is 6.09. The minimum atomic E-state index is -4.22. The van der Waals surface area contributed by atoms with Crippen LogP contribution >= 0.6 is 39.7 Å². The highest BCUT2D eigenvalue weighted by Crippen LogP contribution is 2.44. The summed E-state index contributed by atoms with van der Waals surface area (Å²) in [6, 6.07) is 13.2. The van der Waals surface area contributed by atoms with Gasteiger partial charge in [-0.2, -0.15) is 0 Å². The van der Waals surface area contributed by atoms with Gasteiger partial charge in [-0.15, -0.1) is 0 Å². The number of hydrogen-bond donors (Lipinski definition) is 1. The third-order valence-corrected chi connectivity index (χ3v) is 3.90. The van der Waals surface area contributed by atoms with Gasteiger partial charge < -0.3 is 9.05 Å². The summed E-state index contributed by atoms with van der Waals surface area (Å²) < 4.78 is 23.3. The molecule has 0 saturated carbocycles. The Morgan fingerprint density at radius 1 is 0.895 bits per heavy atom. The highest BCUT2D eigenvalue weighted by molar-refractivity contribution is 9.10. The van der Waals surface area contributed by atoms with Gasteiger partial charge in [-0.25, -0.2) is 4.57 Å². The van der Waals surface area contributed by atoms with E-state index < -0.39 is 7.82 Å². The van der Waals surface area contributed by atoms with Crippen molar-refractivity contribution in [1.82, 2.24) is 0 Å². The average molecular weight is 408 g/mol. The Bertz CT molecular complexity index is 581. The molecule has 0 bridgehead atoms. The summed E-state index contributed by atoms with van der Waals surface area (Å²) in [5.74, 6) is 0.491. The van der Waals surface area contributed by atoms with Crippen molar-refractivity contribution in [3.05, 3.63) is 57.5 Å². The van der Waals surface area contributed by atoms with Gasteiger partial charge in [0.15, 0.2) is 0 Å². The molecule has 0 aliphatic heterocycles. The zero-order chi connectivity index (χ0) is 13.9. The molecule has 19 heavy (non-hydrogen) atoms. The van der Waals surface area contributed by atoms with Gasteiger partial charge in [0.05, 0.1) is 0 Å². The molecule has 2 aromatic rings. The van der Waals surface area contributed by atoms with Crippen LogP contribution in [0.3, 0.4) is 0 Å². The first kappa shape index (κ1) is 14.6. The lowest BCUT2D eigenvalue weighted by molar-refractivity contribution is 0.291. The van der Waals surface area contributed by atoms with E-state index in [-0.39, 0.29) is 11.5 Å². The molecule has 0 atom stereocenters. The molecule has 0 fully saturated rings. The summed E-state index contributed by atoms with van der Waals surface area (Å²) in [4.78, 5) is 9.68. The molecule has 0 aliphatic carbocycles. The maximum atomic E-state index is 11.9. The lowest BCUT2D eigenvalue weighted by atomic mass is 10.3. The lowest BCUT2D eigenvalue weighted by Gasteiger charge is -2.14. The zero-order valence-electron chi connectivity index (χ0n) is 9.49. The van der Waals surface area contributed by atoms with Crippen molar-refractivity contribution >= 4 is 39.7 Å². The van der Waals surface area contributed by atoms with E-state index in [1.54, 1.807) is 48.5 Å². The second-order valence-electron chi connectivity index (χ2n) is 3.57. The van der Waals surface area contributed by atoms with Crippen LogP contribution < -0.4 is 9.05 Å². The van der Waals surface area contributed by atoms with Gasteiger partial charge in [0, 0.05) is 8.95 Å². The number of phosphoric acid groups is 1. The van der Waals surface area contributed by atoms with Crippen molar-refractivity contribution in [3.8, 4) is 11.5 Å². The summed E-state index contributed by atoms with van der Waals surface area (Å²) in [5, 5.41) is 0. The molecular weight excluding hydrogens is 399 g/mol. The van der Waals surface area contributed by atoms with Gasteiger partial charge in [0.1, 0.15) is 11.5 Å². The topological polar surface area (TPSA) is 55.8 Å². The Labute approximate surface area is 127 Å². The number of hydrogen-bond acceptors (Lipinski definition) is 3. The Hall–Kier alpha value is -0.810. The lowest BCUT2D eigenvalue weighted by Crippen LogP contribution is -1.99. The molecule has 100 valence electrons. The van der Waals surface area contributed by atoms with Crippen LogP contribution in [0.15, 0.2) is 57.5 Å². The van der Waals surface area contributed by atoms with Crippen LogP contribution in [0.1, 0.15) is 0 Å². The Balaban J connectivity index is 2.12. The van der Waals surface area contributed by atoms with Crippen LogP contribution in [0, 0.1) is 0 Å². The van der Waals surface area contributed by atoms with Crippen molar-refractivity contribution in [2.75, 3.05) is 0 Å². The zero-order valence-corrected chi connectivity index (χ0v) is 13.6. The summed E-state index contributed by atoms with van der Waals surface area (Å²) in [6.45, 7) is 0. The molecule has 0 saturated heterocycles. The van der Waals surface area contributed by atoms with E-state index in [2.05, 4.69) is 31.9 Å². The van der Waals surface area contributed by atoms with Crippen molar-refractivity contribution < 1.29 is 18.5 Å². The molecular formula is C12H9Br2O4P. The van der Waals surface area contributed by atoms with Crippen LogP contribution in [0.5, 0.6) is 11.5 Å². The van der Waals surface area contributed by atoms with E-state index in [1.165, 1.54) is 0 Å². The first-order valence-electron chi connectivity index (χ1n) is 5.18. The fourth-order valence-corrected chi connectivity index (χ4v) is 2.89. The van der Waals surface area contributed by atoms with Crippen molar-refractivity contribution in [3.63, 3.8) is 0 Å². The predicted molar refractivity (Wildman–Crippen MR) is 79.4 cm³/mol. The quantitative estimate of drug-likeness (QED) is 0.741. The third kappa shape index (κ3) is 4.66. The van der Waals surface area contributed by atoms with Crippen molar-refractivity contribution in [2.45, 2.75) is 0 Å². The minimum absolute atomic E-state index is 0.246. The molecule has 0 radical (unpaired) electrons. The van der Waals surface area contributed by atoms with Crippen LogP contribution in [0.25, 0.3) is 0 Å².